The molecule has 5 heteroatoms. The zero-order chi connectivity index (χ0) is 9.68. The van der Waals surface area contributed by atoms with Gasteiger partial charge in [-0.3, -0.25) is 0 Å². The SMILES string of the molecule is CNCCc1nc(C#N)c(NC)o1. The molecule has 0 saturated heterocycles. The van der Waals surface area contributed by atoms with Gasteiger partial charge in [0.2, 0.25) is 11.6 Å². The highest BCUT2D eigenvalue weighted by Gasteiger charge is 2.10. The van der Waals surface area contributed by atoms with E-state index in [2.05, 4.69) is 15.6 Å². The third-order valence-electron chi connectivity index (χ3n) is 1.59. The Kier molecular flexibility index (Phi) is 3.29. The maximum absolute atomic E-state index is 8.66. The number of nitrogens with zero attached hydrogens (tertiary/aromatic N) is 2. The van der Waals surface area contributed by atoms with Crippen molar-refractivity contribution >= 4 is 5.88 Å². The van der Waals surface area contributed by atoms with Gasteiger partial charge in [0.15, 0.2) is 5.89 Å². The van der Waals surface area contributed by atoms with E-state index >= 15 is 0 Å². The zero-order valence-electron chi connectivity index (χ0n) is 7.72. The molecule has 0 aliphatic heterocycles. The predicted molar refractivity (Wildman–Crippen MR) is 48.4 cm³/mol. The second kappa shape index (κ2) is 4.48. The highest BCUT2D eigenvalue weighted by Crippen LogP contribution is 2.15. The van der Waals surface area contributed by atoms with Gasteiger partial charge in [0, 0.05) is 20.0 Å². The summed E-state index contributed by atoms with van der Waals surface area (Å²) >= 11 is 0. The quantitative estimate of drug-likeness (QED) is 0.699. The number of rotatable bonds is 4. The predicted octanol–water partition coefficient (Wildman–Crippen LogP) is 0.350. The van der Waals surface area contributed by atoms with E-state index in [1.807, 2.05) is 13.1 Å². The minimum Gasteiger partial charge on any atom is -0.424 e. The smallest absolute Gasteiger partial charge is 0.231 e. The Balaban J connectivity index is 2.76. The van der Waals surface area contributed by atoms with Gasteiger partial charge in [0.05, 0.1) is 0 Å². The molecule has 0 amide bonds. The molecule has 70 valence electrons. The lowest BCUT2D eigenvalue weighted by Crippen LogP contribution is -2.10. The summed E-state index contributed by atoms with van der Waals surface area (Å²) in [5.74, 6) is 1.02. The van der Waals surface area contributed by atoms with Crippen LogP contribution < -0.4 is 10.6 Å². The number of anilines is 1. The highest BCUT2D eigenvalue weighted by atomic mass is 16.4. The van der Waals surface area contributed by atoms with Gasteiger partial charge in [-0.15, -0.1) is 0 Å². The molecule has 1 rings (SSSR count). The fraction of sp³-hybridized carbons (Fsp3) is 0.500. The van der Waals surface area contributed by atoms with Crippen LogP contribution in [0.4, 0.5) is 5.88 Å². The van der Waals surface area contributed by atoms with Crippen molar-refractivity contribution in [2.45, 2.75) is 6.42 Å². The summed E-state index contributed by atoms with van der Waals surface area (Å²) in [4.78, 5) is 4.01. The second-order valence-corrected chi connectivity index (χ2v) is 2.50. The molecule has 0 aliphatic rings. The Hall–Kier alpha value is -1.54. The molecule has 0 saturated carbocycles. The van der Waals surface area contributed by atoms with Gasteiger partial charge >= 0.3 is 0 Å². The summed E-state index contributed by atoms with van der Waals surface area (Å²) in [6.07, 6.45) is 0.687. The third kappa shape index (κ3) is 2.20. The Morgan fingerprint density at radius 1 is 1.54 bits per heavy atom. The average Bonchev–Trinajstić information content (AvgIpc) is 2.57. The third-order valence-corrected chi connectivity index (χ3v) is 1.59. The summed E-state index contributed by atoms with van der Waals surface area (Å²) < 4.78 is 5.27. The fourth-order valence-corrected chi connectivity index (χ4v) is 0.949. The fourth-order valence-electron chi connectivity index (χ4n) is 0.949. The first-order valence-electron chi connectivity index (χ1n) is 4.04. The molecule has 0 aliphatic carbocycles. The topological polar surface area (TPSA) is 73.9 Å². The van der Waals surface area contributed by atoms with E-state index in [9.17, 15) is 0 Å². The van der Waals surface area contributed by atoms with Crippen LogP contribution in [0.2, 0.25) is 0 Å². The van der Waals surface area contributed by atoms with Crippen LogP contribution >= 0.6 is 0 Å². The highest BCUT2D eigenvalue weighted by molar-refractivity contribution is 5.44. The van der Waals surface area contributed by atoms with Gasteiger partial charge in [-0.05, 0) is 7.05 Å². The molecule has 0 radical (unpaired) electrons. The molecule has 0 fully saturated rings. The summed E-state index contributed by atoms with van der Waals surface area (Å²) in [6, 6.07) is 1.96. The van der Waals surface area contributed by atoms with Crippen LogP contribution in [0.5, 0.6) is 0 Å². The van der Waals surface area contributed by atoms with E-state index in [0.717, 1.165) is 6.54 Å². The van der Waals surface area contributed by atoms with Gasteiger partial charge in [-0.25, -0.2) is 4.98 Å². The van der Waals surface area contributed by atoms with E-state index in [1.54, 1.807) is 7.05 Å². The second-order valence-electron chi connectivity index (χ2n) is 2.50. The van der Waals surface area contributed by atoms with Crippen LogP contribution in [0.3, 0.4) is 0 Å². The summed E-state index contributed by atoms with van der Waals surface area (Å²) in [5, 5.41) is 14.4. The largest absolute Gasteiger partial charge is 0.424 e. The first-order valence-corrected chi connectivity index (χ1v) is 4.04. The van der Waals surface area contributed by atoms with Crippen molar-refractivity contribution in [3.05, 3.63) is 11.6 Å². The van der Waals surface area contributed by atoms with Crippen LogP contribution in [-0.4, -0.2) is 25.6 Å². The summed E-state index contributed by atoms with van der Waals surface area (Å²) in [6.45, 7) is 0.786. The van der Waals surface area contributed by atoms with Crippen LogP contribution in [-0.2, 0) is 6.42 Å². The minimum atomic E-state index is 0.314. The molecule has 5 nitrogen and oxygen atoms in total. The molecule has 0 bridgehead atoms. The molecule has 0 unspecified atom stereocenters. The number of nitrogens with one attached hydrogen (secondary N) is 2. The Labute approximate surface area is 76.8 Å². The molecule has 1 aromatic heterocycles. The van der Waals surface area contributed by atoms with E-state index in [-0.39, 0.29) is 0 Å². The Morgan fingerprint density at radius 3 is 2.77 bits per heavy atom. The number of likely N-dealkylation sites (N-methyl/N-ethyl adjacent to an activating group) is 1. The molecule has 13 heavy (non-hydrogen) atoms. The molecular formula is C8H12N4O. The molecule has 0 aromatic carbocycles. The lowest BCUT2D eigenvalue weighted by atomic mass is 10.4. The number of nitriles is 1. The van der Waals surface area contributed by atoms with Gasteiger partial charge in [-0.1, -0.05) is 0 Å². The summed E-state index contributed by atoms with van der Waals surface area (Å²) in [5.41, 5.74) is 0.314. The summed E-state index contributed by atoms with van der Waals surface area (Å²) in [7, 11) is 3.55. The lowest BCUT2D eigenvalue weighted by Gasteiger charge is -1.93. The molecule has 1 aromatic rings. The monoisotopic (exact) mass is 180 g/mol. The molecule has 0 spiro atoms. The van der Waals surface area contributed by atoms with E-state index < -0.39 is 0 Å². The van der Waals surface area contributed by atoms with Crippen molar-refractivity contribution in [3.8, 4) is 6.07 Å². The van der Waals surface area contributed by atoms with Gasteiger partial charge in [-0.2, -0.15) is 5.26 Å². The van der Waals surface area contributed by atoms with E-state index in [1.165, 1.54) is 0 Å². The van der Waals surface area contributed by atoms with Crippen molar-refractivity contribution in [1.82, 2.24) is 10.3 Å². The number of hydrogen-bond acceptors (Lipinski definition) is 5. The van der Waals surface area contributed by atoms with E-state index in [4.69, 9.17) is 9.68 Å². The minimum absolute atomic E-state index is 0.314. The van der Waals surface area contributed by atoms with Crippen molar-refractivity contribution in [2.24, 2.45) is 0 Å². The molecule has 0 atom stereocenters. The first kappa shape index (κ1) is 9.55. The first-order chi connectivity index (χ1) is 6.31. The van der Waals surface area contributed by atoms with Crippen LogP contribution in [0.25, 0.3) is 0 Å². The van der Waals surface area contributed by atoms with E-state index in [0.29, 0.717) is 23.9 Å². The lowest BCUT2D eigenvalue weighted by molar-refractivity contribution is 0.502. The van der Waals surface area contributed by atoms with Crippen molar-refractivity contribution in [2.75, 3.05) is 26.0 Å². The van der Waals surface area contributed by atoms with Gasteiger partial charge < -0.3 is 15.1 Å². The number of hydrogen-bond donors (Lipinski definition) is 2. The molecule has 1 heterocycles. The zero-order valence-corrected chi connectivity index (χ0v) is 7.72. The van der Waals surface area contributed by atoms with Gasteiger partial charge in [0.25, 0.3) is 0 Å². The van der Waals surface area contributed by atoms with Gasteiger partial charge in [0.1, 0.15) is 6.07 Å². The number of oxazole rings is 1. The normalized spacial score (nSPS) is 9.62. The van der Waals surface area contributed by atoms with Crippen LogP contribution in [0, 0.1) is 11.3 Å². The van der Waals surface area contributed by atoms with Crippen molar-refractivity contribution in [3.63, 3.8) is 0 Å². The Morgan fingerprint density at radius 2 is 2.31 bits per heavy atom. The number of aromatic nitrogens is 1. The van der Waals surface area contributed by atoms with Crippen molar-refractivity contribution in [1.29, 1.82) is 5.26 Å². The van der Waals surface area contributed by atoms with Crippen LogP contribution in [0.1, 0.15) is 11.6 Å². The average molecular weight is 180 g/mol. The molecule has 2 N–H and O–H groups in total. The maximum atomic E-state index is 8.66. The standard InChI is InChI=1S/C8H12N4O/c1-10-4-3-7-12-6(5-9)8(11-2)13-7/h10-11H,3-4H2,1-2H3. The Bertz CT molecular complexity index is 312. The maximum Gasteiger partial charge on any atom is 0.231 e. The molecular weight excluding hydrogens is 168 g/mol. The van der Waals surface area contributed by atoms with Crippen molar-refractivity contribution < 1.29 is 4.42 Å². The van der Waals surface area contributed by atoms with Crippen LogP contribution in [0.15, 0.2) is 4.42 Å².